The number of hydrogen-bond donors (Lipinski definition) is 3. The van der Waals surface area contributed by atoms with Gasteiger partial charge in [0.05, 0.1) is 12.5 Å². The molecule has 0 unspecified atom stereocenters. The number of nitrogens with two attached hydrogens (primary N) is 1. The Bertz CT molecular complexity index is 1360. The number of urea groups is 1. The molecule has 0 aliphatic carbocycles. The SMILES string of the molecule is Cc1[nH]c2ccccc2c1C(=O)COC(=O)C[C@@H](NC(N)=O)c1cccc(Oc2ccccc2)c1. The van der Waals surface area contributed by atoms with Crippen molar-refractivity contribution in [3.63, 3.8) is 0 Å². The van der Waals surface area contributed by atoms with Gasteiger partial charge >= 0.3 is 12.0 Å². The molecule has 3 aromatic carbocycles. The van der Waals surface area contributed by atoms with Crippen LogP contribution in [0.2, 0.25) is 0 Å². The molecule has 8 heteroatoms. The van der Waals surface area contributed by atoms with E-state index in [4.69, 9.17) is 15.2 Å². The number of Topliss-reactive ketones (excluding diaryl/α,β-unsaturated/α-hetero) is 1. The van der Waals surface area contributed by atoms with Crippen LogP contribution in [0.4, 0.5) is 4.79 Å². The molecule has 0 saturated carbocycles. The molecule has 35 heavy (non-hydrogen) atoms. The van der Waals surface area contributed by atoms with Crippen molar-refractivity contribution in [2.45, 2.75) is 19.4 Å². The van der Waals surface area contributed by atoms with Crippen LogP contribution in [0.3, 0.4) is 0 Å². The van der Waals surface area contributed by atoms with E-state index in [1.165, 1.54) is 0 Å². The van der Waals surface area contributed by atoms with Gasteiger partial charge in [-0.1, -0.05) is 48.5 Å². The highest BCUT2D eigenvalue weighted by atomic mass is 16.5. The lowest BCUT2D eigenvalue weighted by Gasteiger charge is -2.18. The van der Waals surface area contributed by atoms with Gasteiger partial charge in [-0.2, -0.15) is 0 Å². The first-order valence-electron chi connectivity index (χ1n) is 11.1. The van der Waals surface area contributed by atoms with Gasteiger partial charge in [-0.25, -0.2) is 4.79 Å². The zero-order valence-electron chi connectivity index (χ0n) is 19.1. The molecule has 2 amide bonds. The van der Waals surface area contributed by atoms with Crippen molar-refractivity contribution in [3.05, 3.63) is 95.7 Å². The summed E-state index contributed by atoms with van der Waals surface area (Å²) >= 11 is 0. The Labute approximate surface area is 202 Å². The van der Waals surface area contributed by atoms with Crippen LogP contribution in [0, 0.1) is 6.92 Å². The number of esters is 1. The van der Waals surface area contributed by atoms with Crippen molar-refractivity contribution < 1.29 is 23.9 Å². The molecule has 0 aliphatic heterocycles. The van der Waals surface area contributed by atoms with E-state index in [2.05, 4.69) is 10.3 Å². The lowest BCUT2D eigenvalue weighted by Crippen LogP contribution is -2.34. The van der Waals surface area contributed by atoms with E-state index in [0.29, 0.717) is 28.3 Å². The van der Waals surface area contributed by atoms with Crippen LogP contribution in [-0.4, -0.2) is 29.4 Å². The molecule has 4 rings (SSSR count). The number of carbonyl (C=O) groups excluding carboxylic acids is 3. The predicted molar refractivity (Wildman–Crippen MR) is 131 cm³/mol. The number of aromatic amines is 1. The van der Waals surface area contributed by atoms with E-state index >= 15 is 0 Å². The van der Waals surface area contributed by atoms with Gasteiger partial charge < -0.3 is 25.5 Å². The highest BCUT2D eigenvalue weighted by molar-refractivity contribution is 6.10. The summed E-state index contributed by atoms with van der Waals surface area (Å²) in [4.78, 5) is 40.1. The molecule has 1 atom stereocenters. The van der Waals surface area contributed by atoms with Gasteiger partial charge in [0.2, 0.25) is 5.78 Å². The molecule has 0 saturated heterocycles. The Morgan fingerprint density at radius 1 is 0.943 bits per heavy atom. The van der Waals surface area contributed by atoms with E-state index in [1.807, 2.05) is 54.6 Å². The number of ketones is 1. The van der Waals surface area contributed by atoms with Gasteiger partial charge in [-0.3, -0.25) is 9.59 Å². The van der Waals surface area contributed by atoms with Crippen LogP contribution in [-0.2, 0) is 9.53 Å². The quantitative estimate of drug-likeness (QED) is 0.239. The van der Waals surface area contributed by atoms with Gasteiger partial charge in [0.25, 0.3) is 0 Å². The lowest BCUT2D eigenvalue weighted by molar-refractivity contribution is -0.143. The third kappa shape index (κ3) is 5.86. The van der Waals surface area contributed by atoms with Crippen LogP contribution in [0.25, 0.3) is 10.9 Å². The minimum Gasteiger partial charge on any atom is -0.457 e. The van der Waals surface area contributed by atoms with Crippen molar-refractivity contribution >= 4 is 28.7 Å². The first-order valence-corrected chi connectivity index (χ1v) is 11.1. The molecule has 1 aromatic heterocycles. The van der Waals surface area contributed by atoms with E-state index in [9.17, 15) is 14.4 Å². The summed E-state index contributed by atoms with van der Waals surface area (Å²) in [6, 6.07) is 22.1. The zero-order chi connectivity index (χ0) is 24.8. The molecule has 0 spiro atoms. The molecule has 178 valence electrons. The number of para-hydroxylation sites is 2. The number of ether oxygens (including phenoxy) is 2. The van der Waals surface area contributed by atoms with Crippen LogP contribution >= 0.6 is 0 Å². The second-order valence-electron chi connectivity index (χ2n) is 8.01. The number of nitrogens with one attached hydrogen (secondary N) is 2. The largest absolute Gasteiger partial charge is 0.457 e. The van der Waals surface area contributed by atoms with Crippen molar-refractivity contribution in [1.82, 2.24) is 10.3 Å². The minimum atomic E-state index is -0.789. The molecular weight excluding hydrogens is 446 g/mol. The van der Waals surface area contributed by atoms with Gasteiger partial charge in [0.15, 0.2) is 6.61 Å². The lowest BCUT2D eigenvalue weighted by atomic mass is 10.0. The first-order chi connectivity index (χ1) is 16.9. The smallest absolute Gasteiger partial charge is 0.312 e. The zero-order valence-corrected chi connectivity index (χ0v) is 19.1. The Balaban J connectivity index is 1.43. The summed E-state index contributed by atoms with van der Waals surface area (Å²) in [5.74, 6) is 0.216. The summed E-state index contributed by atoms with van der Waals surface area (Å²) in [6.45, 7) is 1.38. The number of primary amides is 1. The molecule has 0 bridgehead atoms. The molecule has 0 aliphatic rings. The Morgan fingerprint density at radius 2 is 1.66 bits per heavy atom. The predicted octanol–water partition coefficient (Wildman–Crippen LogP) is 4.79. The monoisotopic (exact) mass is 471 g/mol. The van der Waals surface area contributed by atoms with Crippen LogP contribution in [0.15, 0.2) is 78.9 Å². The van der Waals surface area contributed by atoms with E-state index in [0.717, 1.165) is 10.9 Å². The standard InChI is InChI=1S/C27H25N3O5/c1-17-26(21-12-5-6-13-22(21)29-17)24(31)16-34-25(32)15-23(30-27(28)33)18-8-7-11-20(14-18)35-19-9-3-2-4-10-19/h2-14,23,29H,15-16H2,1H3,(H3,28,30,33)/t23-/m1/s1. The molecular formula is C27H25N3O5. The molecule has 8 nitrogen and oxygen atoms in total. The number of carbonyl (C=O) groups is 3. The summed E-state index contributed by atoms with van der Waals surface area (Å²) < 4.78 is 11.1. The maximum atomic E-state index is 12.8. The topological polar surface area (TPSA) is 124 Å². The Kier molecular flexibility index (Phi) is 7.11. The fraction of sp³-hybridized carbons (Fsp3) is 0.148. The molecule has 1 heterocycles. The number of amides is 2. The number of aryl methyl sites for hydroxylation is 1. The van der Waals surface area contributed by atoms with Crippen LogP contribution < -0.4 is 15.8 Å². The van der Waals surface area contributed by atoms with Gasteiger partial charge in [0, 0.05) is 22.2 Å². The summed E-state index contributed by atoms with van der Waals surface area (Å²) in [5, 5.41) is 3.33. The average molecular weight is 472 g/mol. The van der Waals surface area contributed by atoms with Crippen LogP contribution in [0.5, 0.6) is 11.5 Å². The van der Waals surface area contributed by atoms with Gasteiger partial charge in [0.1, 0.15) is 11.5 Å². The number of H-pyrrole nitrogens is 1. The Morgan fingerprint density at radius 3 is 2.43 bits per heavy atom. The van der Waals surface area contributed by atoms with Gasteiger partial charge in [-0.05, 0) is 42.8 Å². The van der Waals surface area contributed by atoms with Crippen molar-refractivity contribution in [3.8, 4) is 11.5 Å². The molecule has 0 radical (unpaired) electrons. The summed E-state index contributed by atoms with van der Waals surface area (Å²) in [6.07, 6.45) is -0.210. The highest BCUT2D eigenvalue weighted by Crippen LogP contribution is 2.26. The van der Waals surface area contributed by atoms with Crippen LogP contribution in [0.1, 0.15) is 34.1 Å². The summed E-state index contributed by atoms with van der Waals surface area (Å²) in [7, 11) is 0. The maximum absolute atomic E-state index is 12.8. The fourth-order valence-electron chi connectivity index (χ4n) is 3.92. The highest BCUT2D eigenvalue weighted by Gasteiger charge is 2.22. The number of fused-ring (bicyclic) bond motifs is 1. The number of rotatable bonds is 9. The molecule has 0 fully saturated rings. The van der Waals surface area contributed by atoms with Crippen molar-refractivity contribution in [2.24, 2.45) is 5.73 Å². The Hall–Kier alpha value is -4.59. The summed E-state index contributed by atoms with van der Waals surface area (Å²) in [5.41, 5.74) is 7.97. The second-order valence-corrected chi connectivity index (χ2v) is 8.01. The van der Waals surface area contributed by atoms with E-state index < -0.39 is 24.6 Å². The number of hydrogen-bond acceptors (Lipinski definition) is 5. The third-order valence-electron chi connectivity index (χ3n) is 5.46. The maximum Gasteiger partial charge on any atom is 0.312 e. The number of aromatic nitrogens is 1. The molecule has 4 N–H and O–H groups in total. The van der Waals surface area contributed by atoms with E-state index in [-0.39, 0.29) is 12.2 Å². The third-order valence-corrected chi connectivity index (χ3v) is 5.46. The minimum absolute atomic E-state index is 0.210. The molecule has 4 aromatic rings. The normalized spacial score (nSPS) is 11.6. The first kappa shape index (κ1) is 23.6. The van der Waals surface area contributed by atoms with Gasteiger partial charge in [-0.15, -0.1) is 0 Å². The second kappa shape index (κ2) is 10.6. The number of benzene rings is 3. The van der Waals surface area contributed by atoms with Crippen molar-refractivity contribution in [2.75, 3.05) is 6.61 Å². The van der Waals surface area contributed by atoms with E-state index in [1.54, 1.807) is 31.2 Å². The van der Waals surface area contributed by atoms with Crippen molar-refractivity contribution in [1.29, 1.82) is 0 Å². The fourth-order valence-corrected chi connectivity index (χ4v) is 3.92. The average Bonchev–Trinajstić information content (AvgIpc) is 3.18.